The maximum atomic E-state index is 12.1. The van der Waals surface area contributed by atoms with Crippen LogP contribution < -0.4 is 10.6 Å². The van der Waals surface area contributed by atoms with Crippen molar-refractivity contribution in [1.82, 2.24) is 5.32 Å². The predicted octanol–water partition coefficient (Wildman–Crippen LogP) is 4.13. The second-order valence-electron chi connectivity index (χ2n) is 5.37. The molecule has 1 aromatic carbocycles. The molecule has 0 fully saturated rings. The molecule has 2 amide bonds. The summed E-state index contributed by atoms with van der Waals surface area (Å²) in [5.41, 5.74) is 2.30. The lowest BCUT2D eigenvalue weighted by Crippen LogP contribution is -2.22. The second-order valence-corrected chi connectivity index (χ2v) is 6.16. The average molecular weight is 403 g/mol. The Labute approximate surface area is 152 Å². The van der Waals surface area contributed by atoms with E-state index in [0.29, 0.717) is 16.9 Å². The van der Waals surface area contributed by atoms with E-state index in [1.165, 1.54) is 6.26 Å². The van der Waals surface area contributed by atoms with E-state index in [2.05, 4.69) is 26.6 Å². The molecule has 6 nitrogen and oxygen atoms in total. The molecule has 2 aromatic heterocycles. The number of aryl methyl sites for hydroxylation is 1. The van der Waals surface area contributed by atoms with E-state index >= 15 is 0 Å². The van der Waals surface area contributed by atoms with Crippen LogP contribution in [0, 0.1) is 6.92 Å². The molecule has 0 aliphatic rings. The van der Waals surface area contributed by atoms with Crippen molar-refractivity contribution in [1.29, 1.82) is 0 Å². The van der Waals surface area contributed by atoms with Crippen LogP contribution >= 0.6 is 15.9 Å². The molecule has 3 aromatic rings. The molecular formula is C18H15BrN2O4. The third kappa shape index (κ3) is 4.19. The molecule has 0 radical (unpaired) electrons. The number of hydrogen-bond donors (Lipinski definition) is 2. The molecule has 0 aliphatic carbocycles. The van der Waals surface area contributed by atoms with Gasteiger partial charge in [-0.05, 0) is 58.7 Å². The minimum atomic E-state index is -0.315. The number of amides is 2. The highest BCUT2D eigenvalue weighted by Gasteiger charge is 2.14. The van der Waals surface area contributed by atoms with Crippen LogP contribution in [0.15, 0.2) is 62.2 Å². The summed E-state index contributed by atoms with van der Waals surface area (Å²) in [4.78, 5) is 24.0. The number of nitrogens with one attached hydrogen (secondary N) is 2. The molecule has 0 saturated heterocycles. The number of carbonyl (C=O) groups excluding carboxylic acids is 2. The standard InChI is InChI=1S/C18H15BrN2O4/c1-11-9-15(19)25-16(11)18(23)20-10-12-4-6-13(7-5-12)21-17(22)14-3-2-8-24-14/h2-9H,10H2,1H3,(H,20,23)(H,21,22). The minimum absolute atomic E-state index is 0.247. The fraction of sp³-hybridized carbons (Fsp3) is 0.111. The second kappa shape index (κ2) is 7.40. The highest BCUT2D eigenvalue weighted by Crippen LogP contribution is 2.19. The Bertz CT molecular complexity index is 882. The van der Waals surface area contributed by atoms with Gasteiger partial charge in [-0.2, -0.15) is 0 Å². The highest BCUT2D eigenvalue weighted by molar-refractivity contribution is 9.10. The van der Waals surface area contributed by atoms with Crippen LogP contribution in [-0.2, 0) is 6.54 Å². The third-order valence-electron chi connectivity index (χ3n) is 3.50. The predicted molar refractivity (Wildman–Crippen MR) is 95.4 cm³/mol. The topological polar surface area (TPSA) is 84.5 Å². The highest BCUT2D eigenvalue weighted by atomic mass is 79.9. The molecule has 128 valence electrons. The first-order valence-electron chi connectivity index (χ1n) is 7.51. The van der Waals surface area contributed by atoms with Crippen LogP contribution in [0.5, 0.6) is 0 Å². The van der Waals surface area contributed by atoms with Crippen LogP contribution in [0.4, 0.5) is 5.69 Å². The van der Waals surface area contributed by atoms with Gasteiger partial charge in [-0.25, -0.2) is 0 Å². The first-order chi connectivity index (χ1) is 12.0. The SMILES string of the molecule is Cc1cc(Br)oc1C(=O)NCc1ccc(NC(=O)c2ccco2)cc1. The van der Waals surface area contributed by atoms with Crippen LogP contribution in [0.25, 0.3) is 0 Å². The van der Waals surface area contributed by atoms with E-state index in [9.17, 15) is 9.59 Å². The monoisotopic (exact) mass is 402 g/mol. The molecule has 25 heavy (non-hydrogen) atoms. The van der Waals surface area contributed by atoms with Gasteiger partial charge in [0, 0.05) is 17.8 Å². The summed E-state index contributed by atoms with van der Waals surface area (Å²) in [7, 11) is 0. The van der Waals surface area contributed by atoms with E-state index in [1.807, 2.05) is 12.1 Å². The van der Waals surface area contributed by atoms with Gasteiger partial charge >= 0.3 is 0 Å². The zero-order chi connectivity index (χ0) is 17.8. The van der Waals surface area contributed by atoms with Gasteiger partial charge < -0.3 is 19.5 Å². The van der Waals surface area contributed by atoms with Crippen molar-refractivity contribution in [3.63, 3.8) is 0 Å². The third-order valence-corrected chi connectivity index (χ3v) is 3.89. The summed E-state index contributed by atoms with van der Waals surface area (Å²) in [5.74, 6) is -0.0613. The van der Waals surface area contributed by atoms with E-state index < -0.39 is 0 Å². The molecule has 3 rings (SSSR count). The van der Waals surface area contributed by atoms with Crippen molar-refractivity contribution in [2.75, 3.05) is 5.32 Å². The van der Waals surface area contributed by atoms with E-state index in [1.54, 1.807) is 37.3 Å². The van der Waals surface area contributed by atoms with Gasteiger partial charge in [0.2, 0.25) is 0 Å². The fourth-order valence-electron chi connectivity index (χ4n) is 2.24. The Hall–Kier alpha value is -2.80. The minimum Gasteiger partial charge on any atom is -0.459 e. The largest absolute Gasteiger partial charge is 0.459 e. The van der Waals surface area contributed by atoms with Crippen LogP contribution in [-0.4, -0.2) is 11.8 Å². The lowest BCUT2D eigenvalue weighted by atomic mass is 10.2. The first kappa shape index (κ1) is 17.0. The molecule has 0 spiro atoms. The number of halogens is 1. The molecule has 0 unspecified atom stereocenters. The van der Waals surface area contributed by atoms with Crippen LogP contribution in [0.2, 0.25) is 0 Å². The molecular weight excluding hydrogens is 388 g/mol. The molecule has 7 heteroatoms. The quantitative estimate of drug-likeness (QED) is 0.671. The lowest BCUT2D eigenvalue weighted by molar-refractivity contribution is 0.0920. The number of hydrogen-bond acceptors (Lipinski definition) is 4. The normalized spacial score (nSPS) is 10.5. The van der Waals surface area contributed by atoms with E-state index in [-0.39, 0.29) is 23.3 Å². The number of rotatable bonds is 5. The van der Waals surface area contributed by atoms with Crippen molar-refractivity contribution < 1.29 is 18.4 Å². The molecule has 0 aliphatic heterocycles. The lowest BCUT2D eigenvalue weighted by Gasteiger charge is -2.07. The average Bonchev–Trinajstić information content (AvgIpc) is 3.23. The maximum absolute atomic E-state index is 12.1. The number of furan rings is 2. The molecule has 2 heterocycles. The van der Waals surface area contributed by atoms with Crippen LogP contribution in [0.3, 0.4) is 0 Å². The Morgan fingerprint density at radius 3 is 2.48 bits per heavy atom. The van der Waals surface area contributed by atoms with Gasteiger partial charge in [-0.15, -0.1) is 0 Å². The first-order valence-corrected chi connectivity index (χ1v) is 8.30. The van der Waals surface area contributed by atoms with E-state index in [0.717, 1.165) is 11.1 Å². The smallest absolute Gasteiger partial charge is 0.291 e. The molecule has 0 saturated carbocycles. The Kier molecular flexibility index (Phi) is 5.04. The van der Waals surface area contributed by atoms with Gasteiger partial charge in [0.1, 0.15) is 0 Å². The van der Waals surface area contributed by atoms with Crippen molar-refractivity contribution >= 4 is 33.4 Å². The zero-order valence-electron chi connectivity index (χ0n) is 13.3. The summed E-state index contributed by atoms with van der Waals surface area (Å²) in [6.07, 6.45) is 1.44. The maximum Gasteiger partial charge on any atom is 0.291 e. The van der Waals surface area contributed by atoms with Gasteiger partial charge in [0.15, 0.2) is 16.2 Å². The molecule has 0 atom stereocenters. The summed E-state index contributed by atoms with van der Waals surface area (Å²) < 4.78 is 10.9. The molecule has 0 bridgehead atoms. The Balaban J connectivity index is 1.56. The van der Waals surface area contributed by atoms with Gasteiger partial charge in [0.05, 0.1) is 6.26 Å². The van der Waals surface area contributed by atoms with E-state index in [4.69, 9.17) is 8.83 Å². The van der Waals surface area contributed by atoms with Crippen molar-refractivity contribution in [2.45, 2.75) is 13.5 Å². The molecule has 2 N–H and O–H groups in total. The van der Waals surface area contributed by atoms with Gasteiger partial charge in [0.25, 0.3) is 11.8 Å². The van der Waals surface area contributed by atoms with Gasteiger partial charge in [-0.1, -0.05) is 12.1 Å². The number of benzene rings is 1. The van der Waals surface area contributed by atoms with Crippen LogP contribution in [0.1, 0.15) is 32.2 Å². The van der Waals surface area contributed by atoms with Gasteiger partial charge in [-0.3, -0.25) is 9.59 Å². The zero-order valence-corrected chi connectivity index (χ0v) is 14.9. The van der Waals surface area contributed by atoms with Crippen molar-refractivity contribution in [3.05, 3.63) is 76.0 Å². The Morgan fingerprint density at radius 2 is 1.88 bits per heavy atom. The summed E-state index contributed by atoms with van der Waals surface area (Å²) in [6, 6.07) is 12.2. The Morgan fingerprint density at radius 1 is 1.12 bits per heavy atom. The number of anilines is 1. The van der Waals surface area contributed by atoms with Crippen molar-refractivity contribution in [2.24, 2.45) is 0 Å². The summed E-state index contributed by atoms with van der Waals surface area (Å²) in [6.45, 7) is 2.16. The summed E-state index contributed by atoms with van der Waals surface area (Å²) >= 11 is 3.20. The summed E-state index contributed by atoms with van der Waals surface area (Å²) in [5, 5.41) is 5.53. The fourth-order valence-corrected chi connectivity index (χ4v) is 2.74. The van der Waals surface area contributed by atoms with Crippen molar-refractivity contribution in [3.8, 4) is 0 Å². The number of carbonyl (C=O) groups is 2.